The van der Waals surface area contributed by atoms with E-state index in [1.165, 1.54) is 0 Å². The molecule has 0 aliphatic carbocycles. The molecule has 1 fully saturated rings. The summed E-state index contributed by atoms with van der Waals surface area (Å²) in [6.45, 7) is 3.38. The van der Waals surface area contributed by atoms with Gasteiger partial charge in [-0.15, -0.1) is 6.58 Å². The van der Waals surface area contributed by atoms with Crippen molar-refractivity contribution in [1.82, 2.24) is 19.5 Å². The first-order chi connectivity index (χ1) is 16.0. The minimum atomic E-state index is -5.82. The number of aliphatic hydroxyl groups is 2. The van der Waals surface area contributed by atoms with Crippen molar-refractivity contribution in [2.75, 3.05) is 0 Å². The van der Waals surface area contributed by atoms with Gasteiger partial charge in [-0.05, 0) is 6.42 Å². The van der Waals surface area contributed by atoms with Crippen LogP contribution in [0.3, 0.4) is 0 Å². The zero-order chi connectivity index (χ0) is 26.3. The third kappa shape index (κ3) is 6.49. The van der Waals surface area contributed by atoms with Crippen molar-refractivity contribution in [3.63, 3.8) is 0 Å². The standard InChI is InChI=1S/C13H19N4O15P3/c1-2-3-5(30-34(25,26)32-35(27,28)31-33(22,23)24)9-7(18)8(19)12(29-9)17-4-14-6-10(17)15-13(21)16-11(6)20/h2,4-5,7-9,12,18-19H,1,3H2,(H,25,26)(H,27,28)(H2,22,23,24)(H2,15,16,20,21)/t5?,7-,8+,9+,12+/m0/s1. The molecule has 0 saturated carbocycles. The predicted octanol–water partition coefficient (Wildman–Crippen LogP) is -1.68. The van der Waals surface area contributed by atoms with Crippen LogP contribution in [0.25, 0.3) is 11.2 Å². The number of aromatic amines is 2. The van der Waals surface area contributed by atoms with E-state index in [0.29, 0.717) is 0 Å². The Balaban J connectivity index is 1.87. The molecular formula is C13H19N4O15P3. The Labute approximate surface area is 193 Å². The number of rotatable bonds is 10. The SMILES string of the molecule is C=CCC(OP(=O)(O)OP(=O)(O)OP(=O)(O)O)[C@H]1O[C@@H](n2cnc3c(=O)[nH]c(=O)[nH]c32)[C@H](O)[C@@H]1O. The smallest absolute Gasteiger partial charge is 0.387 e. The zero-order valence-electron chi connectivity index (χ0n) is 17.0. The molecule has 3 rings (SSSR count). The van der Waals surface area contributed by atoms with Crippen LogP contribution in [0.5, 0.6) is 0 Å². The summed E-state index contributed by atoms with van der Waals surface area (Å²) in [6.07, 6.45) is -6.76. The molecular weight excluding hydrogens is 545 g/mol. The van der Waals surface area contributed by atoms with Crippen molar-refractivity contribution in [3.05, 3.63) is 39.8 Å². The fourth-order valence-electron chi connectivity index (χ4n) is 3.24. The Bertz CT molecular complexity index is 1360. The molecule has 1 saturated heterocycles. The maximum atomic E-state index is 12.2. The molecule has 2 aromatic heterocycles. The van der Waals surface area contributed by atoms with E-state index in [-0.39, 0.29) is 17.6 Å². The molecule has 0 radical (unpaired) electrons. The Morgan fingerprint density at radius 2 is 1.77 bits per heavy atom. The molecule has 8 N–H and O–H groups in total. The summed E-state index contributed by atoms with van der Waals surface area (Å²) in [5.41, 5.74) is -2.20. The van der Waals surface area contributed by atoms with E-state index < -0.39 is 65.4 Å². The molecule has 3 heterocycles. The normalized spacial score (nSPS) is 27.4. The van der Waals surface area contributed by atoms with Crippen molar-refractivity contribution in [2.45, 2.75) is 37.1 Å². The van der Waals surface area contributed by atoms with Crippen molar-refractivity contribution >= 4 is 34.6 Å². The lowest BCUT2D eigenvalue weighted by Crippen LogP contribution is -2.39. The Kier molecular flexibility index (Phi) is 7.86. The van der Waals surface area contributed by atoms with E-state index in [0.717, 1.165) is 17.0 Å². The molecule has 0 amide bonds. The van der Waals surface area contributed by atoms with Gasteiger partial charge in [0.15, 0.2) is 11.7 Å². The molecule has 196 valence electrons. The average molecular weight is 564 g/mol. The fraction of sp³-hybridized carbons (Fsp3) is 0.462. The molecule has 19 nitrogen and oxygen atoms in total. The number of hydrogen-bond donors (Lipinski definition) is 8. The van der Waals surface area contributed by atoms with Gasteiger partial charge in [0, 0.05) is 0 Å². The summed E-state index contributed by atoms with van der Waals surface area (Å²) in [4.78, 5) is 67.8. The first-order valence-corrected chi connectivity index (χ1v) is 13.7. The molecule has 22 heteroatoms. The number of nitrogens with zero attached hydrogens (tertiary/aromatic N) is 2. The predicted molar refractivity (Wildman–Crippen MR) is 110 cm³/mol. The van der Waals surface area contributed by atoms with E-state index in [4.69, 9.17) is 19.0 Å². The Morgan fingerprint density at radius 3 is 2.37 bits per heavy atom. The van der Waals surface area contributed by atoms with Crippen LogP contribution in [0.4, 0.5) is 0 Å². The second kappa shape index (κ2) is 9.91. The topological polar surface area (TPSA) is 293 Å². The van der Waals surface area contributed by atoms with Crippen LogP contribution in [-0.2, 0) is 31.6 Å². The third-order valence-corrected chi connectivity index (χ3v) is 8.33. The highest BCUT2D eigenvalue weighted by Crippen LogP contribution is 2.66. The summed E-state index contributed by atoms with van der Waals surface area (Å²) in [7, 11) is -17.1. The van der Waals surface area contributed by atoms with Crippen LogP contribution in [0.1, 0.15) is 12.6 Å². The van der Waals surface area contributed by atoms with Gasteiger partial charge in [0.2, 0.25) is 0 Å². The van der Waals surface area contributed by atoms with Crippen LogP contribution in [0.2, 0.25) is 0 Å². The number of H-pyrrole nitrogens is 2. The van der Waals surface area contributed by atoms with Crippen LogP contribution in [0, 0.1) is 0 Å². The summed E-state index contributed by atoms with van der Waals surface area (Å²) in [6, 6.07) is 0. The van der Waals surface area contributed by atoms with Gasteiger partial charge >= 0.3 is 29.2 Å². The van der Waals surface area contributed by atoms with Crippen LogP contribution >= 0.6 is 23.5 Å². The number of aromatic nitrogens is 4. The van der Waals surface area contributed by atoms with E-state index >= 15 is 0 Å². The largest absolute Gasteiger partial charge is 0.490 e. The van der Waals surface area contributed by atoms with E-state index in [2.05, 4.69) is 25.2 Å². The van der Waals surface area contributed by atoms with Gasteiger partial charge in [0.25, 0.3) is 5.56 Å². The summed E-state index contributed by atoms with van der Waals surface area (Å²) in [5, 5.41) is 21.0. The number of fused-ring (bicyclic) bond motifs is 1. The Hall–Kier alpha value is -1.82. The molecule has 2 aromatic rings. The van der Waals surface area contributed by atoms with Gasteiger partial charge in [0.05, 0.1) is 6.33 Å². The highest BCUT2D eigenvalue weighted by molar-refractivity contribution is 7.66. The molecule has 7 atom stereocenters. The first kappa shape index (κ1) is 27.8. The number of ether oxygens (including phenoxy) is 1. The van der Waals surface area contributed by atoms with Crippen LogP contribution in [0.15, 0.2) is 28.6 Å². The number of phosphoric acid groups is 3. The molecule has 0 spiro atoms. The van der Waals surface area contributed by atoms with E-state index in [9.17, 15) is 43.3 Å². The molecule has 0 bridgehead atoms. The minimum absolute atomic E-state index is 0.191. The maximum absolute atomic E-state index is 12.2. The molecule has 0 aromatic carbocycles. The molecule has 3 unspecified atom stereocenters. The van der Waals surface area contributed by atoms with Crippen molar-refractivity contribution in [1.29, 1.82) is 0 Å². The van der Waals surface area contributed by atoms with Crippen molar-refractivity contribution < 1.29 is 61.4 Å². The quantitative estimate of drug-likeness (QED) is 0.118. The van der Waals surface area contributed by atoms with Crippen molar-refractivity contribution in [3.8, 4) is 0 Å². The monoisotopic (exact) mass is 564 g/mol. The van der Waals surface area contributed by atoms with Crippen LogP contribution in [-0.4, -0.2) is 73.7 Å². The third-order valence-electron chi connectivity index (χ3n) is 4.47. The Morgan fingerprint density at radius 1 is 1.11 bits per heavy atom. The fourth-order valence-corrected chi connectivity index (χ4v) is 6.45. The lowest BCUT2D eigenvalue weighted by Gasteiger charge is -2.26. The van der Waals surface area contributed by atoms with E-state index in [1.807, 2.05) is 4.98 Å². The van der Waals surface area contributed by atoms with Gasteiger partial charge in [-0.1, -0.05) is 6.08 Å². The van der Waals surface area contributed by atoms with Gasteiger partial charge < -0.3 is 34.5 Å². The number of aliphatic hydroxyl groups excluding tert-OH is 2. The van der Waals surface area contributed by atoms with Gasteiger partial charge in [0.1, 0.15) is 30.1 Å². The molecule has 35 heavy (non-hydrogen) atoms. The summed E-state index contributed by atoms with van der Waals surface area (Å²) in [5.74, 6) is 0. The van der Waals surface area contributed by atoms with Crippen molar-refractivity contribution in [2.24, 2.45) is 0 Å². The highest BCUT2D eigenvalue weighted by atomic mass is 31.3. The number of imidazole rings is 1. The highest BCUT2D eigenvalue weighted by Gasteiger charge is 2.50. The second-order valence-corrected chi connectivity index (χ2v) is 11.4. The molecule has 1 aliphatic heterocycles. The number of phosphoric ester groups is 1. The minimum Gasteiger partial charge on any atom is -0.387 e. The first-order valence-electron chi connectivity index (χ1n) is 9.17. The summed E-state index contributed by atoms with van der Waals surface area (Å²) < 4.78 is 53.1. The lowest BCUT2D eigenvalue weighted by molar-refractivity contribution is -0.0797. The molecule has 1 aliphatic rings. The second-order valence-electron chi connectivity index (χ2n) is 6.99. The van der Waals surface area contributed by atoms with E-state index in [1.54, 1.807) is 0 Å². The lowest BCUT2D eigenvalue weighted by atomic mass is 10.0. The van der Waals surface area contributed by atoms with Gasteiger partial charge in [-0.3, -0.25) is 23.9 Å². The number of hydrogen-bond acceptors (Lipinski definition) is 12. The zero-order valence-corrected chi connectivity index (χ0v) is 19.7. The van der Waals surface area contributed by atoms with Gasteiger partial charge in [-0.2, -0.15) is 8.62 Å². The van der Waals surface area contributed by atoms with Crippen LogP contribution < -0.4 is 11.2 Å². The average Bonchev–Trinajstić information content (AvgIpc) is 3.20. The summed E-state index contributed by atoms with van der Waals surface area (Å²) >= 11 is 0. The number of nitrogens with one attached hydrogen (secondary N) is 2. The maximum Gasteiger partial charge on any atom is 0.490 e. The van der Waals surface area contributed by atoms with Gasteiger partial charge in [-0.25, -0.2) is 23.5 Å².